The first-order valence-electron chi connectivity index (χ1n) is 6.15. The van der Waals surface area contributed by atoms with Crippen LogP contribution in [0.25, 0.3) is 10.8 Å². The second-order valence-electron chi connectivity index (χ2n) is 4.54. The third-order valence-corrected chi connectivity index (χ3v) is 3.72. The second kappa shape index (κ2) is 12.5. The molecular weight excluding hydrogens is 540 g/mol. The van der Waals surface area contributed by atoms with Crippen molar-refractivity contribution in [1.82, 2.24) is 9.78 Å². The predicted molar refractivity (Wildman–Crippen MR) is 96.6 cm³/mol. The van der Waals surface area contributed by atoms with Crippen molar-refractivity contribution in [3.63, 3.8) is 0 Å². The first-order chi connectivity index (χ1) is 9.65. The molecule has 3 rings (SSSR count). The average molecular weight is 556 g/mol. The van der Waals surface area contributed by atoms with Gasteiger partial charge in [-0.05, 0) is 39.7 Å². The number of benzene rings is 2. The van der Waals surface area contributed by atoms with Crippen molar-refractivity contribution >= 4 is 56.3 Å². The molecule has 2 radical (unpaired) electrons. The Bertz CT molecular complexity index is 848. The molecule has 0 saturated carbocycles. The van der Waals surface area contributed by atoms with Crippen molar-refractivity contribution in [3.8, 4) is 0 Å². The average Bonchev–Trinajstić information content (AvgIpc) is 2.47. The first-order valence-corrected chi connectivity index (χ1v) is 6.94. The van der Waals surface area contributed by atoms with Crippen molar-refractivity contribution in [2.75, 3.05) is 5.73 Å². The molecule has 0 atom stereocenters. The summed E-state index contributed by atoms with van der Waals surface area (Å²) in [6.45, 7) is 0.419. The van der Waals surface area contributed by atoms with E-state index in [4.69, 9.17) is 5.73 Å². The number of anilines is 1. The van der Waals surface area contributed by atoms with Gasteiger partial charge >= 0.3 is 23.9 Å². The molecule has 0 aliphatic carbocycles. The van der Waals surface area contributed by atoms with Crippen LogP contribution in [0.4, 0.5) is 5.69 Å². The van der Waals surface area contributed by atoms with Crippen molar-refractivity contribution in [2.45, 2.75) is 6.54 Å². The van der Waals surface area contributed by atoms with Crippen molar-refractivity contribution in [2.24, 2.45) is 0 Å². The van der Waals surface area contributed by atoms with E-state index >= 15 is 0 Å². The molecular formula is C15H16BrCl2N3O3Sn. The number of halogens is 3. The maximum Gasteiger partial charge on any atom is 2.00 e. The standard InChI is InChI=1S/C15H12BrN3O.2ClH.2H2O.Sn/c16-14-12-3-1-2-4-13(12)15(20)19(18-14)9-10-5-7-11(17)8-6-10;;;;;/h1-8H,9,17H2;2*1H;2*1H2;/q;;;;;+2/p-2. The van der Waals surface area contributed by atoms with Gasteiger partial charge in [0.25, 0.3) is 5.56 Å². The van der Waals surface area contributed by atoms with Gasteiger partial charge in [0.2, 0.25) is 0 Å². The zero-order valence-corrected chi connectivity index (χ0v) is 18.8. The summed E-state index contributed by atoms with van der Waals surface area (Å²) in [7, 11) is 0. The summed E-state index contributed by atoms with van der Waals surface area (Å²) in [6, 6.07) is 14.8. The maximum absolute atomic E-state index is 12.4. The van der Waals surface area contributed by atoms with Gasteiger partial charge in [0.05, 0.1) is 11.9 Å². The molecule has 0 fully saturated rings. The fourth-order valence-corrected chi connectivity index (χ4v) is 2.63. The number of hydrogen-bond acceptors (Lipinski definition) is 3. The molecule has 6 nitrogen and oxygen atoms in total. The number of nitrogens with two attached hydrogens (primary N) is 1. The van der Waals surface area contributed by atoms with Crippen molar-refractivity contribution in [1.29, 1.82) is 0 Å². The SMILES string of the molecule is Nc1ccc(Cn2nc(Br)c3ccccc3c2=O)cc1.O.O.[Cl-].[Cl-].[Sn+2]. The van der Waals surface area contributed by atoms with Gasteiger partial charge in [-0.25, -0.2) is 4.68 Å². The largest absolute Gasteiger partial charge is 2.00 e. The van der Waals surface area contributed by atoms with Crippen LogP contribution in [0.1, 0.15) is 5.56 Å². The Labute approximate surface area is 182 Å². The van der Waals surface area contributed by atoms with Gasteiger partial charge in [-0.2, -0.15) is 5.10 Å². The van der Waals surface area contributed by atoms with Crippen molar-refractivity contribution in [3.05, 3.63) is 69.1 Å². The van der Waals surface area contributed by atoms with Gasteiger partial charge in [-0.1, -0.05) is 30.3 Å². The summed E-state index contributed by atoms with van der Waals surface area (Å²) >= 11 is 3.42. The first kappa shape index (κ1) is 28.9. The molecule has 0 amide bonds. The van der Waals surface area contributed by atoms with E-state index in [-0.39, 0.29) is 65.2 Å². The smallest absolute Gasteiger partial charge is 1.00 e. The molecule has 6 N–H and O–H groups in total. The summed E-state index contributed by atoms with van der Waals surface area (Å²) in [5.74, 6) is 0. The monoisotopic (exact) mass is 555 g/mol. The number of aromatic nitrogens is 2. The van der Waals surface area contributed by atoms with E-state index in [1.54, 1.807) is 0 Å². The molecule has 134 valence electrons. The summed E-state index contributed by atoms with van der Waals surface area (Å²) in [5, 5.41) is 5.79. The molecule has 0 saturated heterocycles. The Balaban J connectivity index is -0.000000968. The fraction of sp³-hybridized carbons (Fsp3) is 0.0667. The molecule has 2 aromatic carbocycles. The summed E-state index contributed by atoms with van der Waals surface area (Å²) < 4.78 is 2.13. The van der Waals surface area contributed by atoms with E-state index in [0.29, 0.717) is 22.2 Å². The van der Waals surface area contributed by atoms with Crippen LogP contribution in [0.15, 0.2) is 57.9 Å². The molecule has 1 aromatic heterocycles. The zero-order chi connectivity index (χ0) is 14.1. The number of rotatable bonds is 2. The van der Waals surface area contributed by atoms with E-state index < -0.39 is 0 Å². The Hall–Kier alpha value is -0.841. The van der Waals surface area contributed by atoms with Crippen LogP contribution in [-0.2, 0) is 6.54 Å². The van der Waals surface area contributed by atoms with Gasteiger partial charge in [-0.15, -0.1) is 0 Å². The topological polar surface area (TPSA) is 124 Å². The van der Waals surface area contributed by atoms with E-state index in [1.165, 1.54) is 4.68 Å². The van der Waals surface area contributed by atoms with Crippen LogP contribution in [0.2, 0.25) is 0 Å². The summed E-state index contributed by atoms with van der Waals surface area (Å²) in [6.07, 6.45) is 0. The fourth-order valence-electron chi connectivity index (χ4n) is 2.10. The number of nitrogen functional groups attached to an aromatic ring is 1. The third-order valence-electron chi connectivity index (χ3n) is 3.13. The van der Waals surface area contributed by atoms with E-state index in [1.807, 2.05) is 48.5 Å². The van der Waals surface area contributed by atoms with Crippen LogP contribution in [0.3, 0.4) is 0 Å². The van der Waals surface area contributed by atoms with E-state index in [0.717, 1.165) is 10.9 Å². The predicted octanol–water partition coefficient (Wildman–Crippen LogP) is -5.23. The molecule has 0 aliphatic rings. The maximum atomic E-state index is 12.4. The molecule has 3 aromatic rings. The van der Waals surface area contributed by atoms with Crippen molar-refractivity contribution < 1.29 is 35.8 Å². The van der Waals surface area contributed by atoms with Gasteiger partial charge in [-0.3, -0.25) is 4.79 Å². The van der Waals surface area contributed by atoms with Crippen LogP contribution >= 0.6 is 15.9 Å². The Morgan fingerprint density at radius 3 is 2.04 bits per heavy atom. The van der Waals surface area contributed by atoms with E-state index in [2.05, 4.69) is 21.0 Å². The Morgan fingerprint density at radius 1 is 0.960 bits per heavy atom. The third kappa shape index (κ3) is 6.43. The molecule has 1 heterocycles. The number of fused-ring (bicyclic) bond motifs is 1. The normalized spacial score (nSPS) is 8.68. The van der Waals surface area contributed by atoms with Crippen LogP contribution in [-0.4, -0.2) is 44.6 Å². The van der Waals surface area contributed by atoms with Crippen LogP contribution < -0.4 is 36.1 Å². The molecule has 0 spiro atoms. The zero-order valence-electron chi connectivity index (χ0n) is 12.8. The van der Waals surface area contributed by atoms with Crippen LogP contribution in [0, 0.1) is 0 Å². The number of nitrogens with zero attached hydrogens (tertiary/aromatic N) is 2. The quantitative estimate of drug-likeness (QED) is 0.251. The molecule has 25 heavy (non-hydrogen) atoms. The number of hydrogen-bond donors (Lipinski definition) is 1. The van der Waals surface area contributed by atoms with Gasteiger partial charge < -0.3 is 41.5 Å². The minimum Gasteiger partial charge on any atom is -1.00 e. The minimum atomic E-state index is -0.0966. The van der Waals surface area contributed by atoms with Crippen LogP contribution in [0.5, 0.6) is 0 Å². The molecule has 10 heteroatoms. The molecule has 0 bridgehead atoms. The van der Waals surface area contributed by atoms with E-state index in [9.17, 15) is 4.79 Å². The van der Waals surface area contributed by atoms with Gasteiger partial charge in [0, 0.05) is 11.1 Å². The summed E-state index contributed by atoms with van der Waals surface area (Å²) in [5.41, 5.74) is 7.25. The Morgan fingerprint density at radius 2 is 1.48 bits per heavy atom. The minimum absolute atomic E-state index is 0. The van der Waals surface area contributed by atoms with Gasteiger partial charge in [0.15, 0.2) is 0 Å². The van der Waals surface area contributed by atoms with Gasteiger partial charge in [0.1, 0.15) is 4.60 Å². The molecule has 0 unspecified atom stereocenters. The summed E-state index contributed by atoms with van der Waals surface area (Å²) in [4.78, 5) is 12.4. The molecule has 0 aliphatic heterocycles. The Kier molecular flexibility index (Phi) is 14.5. The second-order valence-corrected chi connectivity index (χ2v) is 5.29.